The first-order valence-electron chi connectivity index (χ1n) is 4.31. The van der Waals surface area contributed by atoms with Crippen molar-refractivity contribution in [2.75, 3.05) is 6.54 Å². The maximum atomic E-state index is 11.2. The summed E-state index contributed by atoms with van der Waals surface area (Å²) in [6.45, 7) is 2.68. The lowest BCUT2D eigenvalue weighted by Crippen LogP contribution is -2.41. The number of carbonyl (C=O) groups excluding carboxylic acids is 2. The number of amides is 2. The summed E-state index contributed by atoms with van der Waals surface area (Å²) in [5, 5.41) is 5.35. The van der Waals surface area contributed by atoms with E-state index in [2.05, 4.69) is 10.6 Å². The molecule has 0 aromatic rings. The summed E-state index contributed by atoms with van der Waals surface area (Å²) in [4.78, 5) is 22.0. The smallest absolute Gasteiger partial charge is 0.242 e. The van der Waals surface area contributed by atoms with Gasteiger partial charge in [-0.1, -0.05) is 6.92 Å². The van der Waals surface area contributed by atoms with Crippen molar-refractivity contribution in [2.45, 2.75) is 32.2 Å². The summed E-state index contributed by atoms with van der Waals surface area (Å²) in [7, 11) is 0. The lowest BCUT2D eigenvalue weighted by molar-refractivity contribution is -0.125. The number of nitrogens with one attached hydrogen (secondary N) is 2. The Bertz CT molecular complexity index is 191. The Kier molecular flexibility index (Phi) is 3.08. The van der Waals surface area contributed by atoms with Crippen LogP contribution in [-0.4, -0.2) is 24.4 Å². The summed E-state index contributed by atoms with van der Waals surface area (Å²) in [6, 6.07) is -0.288. The summed E-state index contributed by atoms with van der Waals surface area (Å²) < 4.78 is 0. The quantitative estimate of drug-likeness (QED) is 0.615. The molecule has 2 amide bonds. The molecular weight excluding hydrogens is 156 g/mol. The van der Waals surface area contributed by atoms with E-state index in [0.29, 0.717) is 19.4 Å². The SMILES string of the molecule is CCCNC(=O)[C@@H]1CCC(=O)N1. The van der Waals surface area contributed by atoms with Crippen LogP contribution in [0.5, 0.6) is 0 Å². The second-order valence-corrected chi connectivity index (χ2v) is 2.95. The van der Waals surface area contributed by atoms with E-state index in [1.807, 2.05) is 6.92 Å². The molecule has 68 valence electrons. The third-order valence-corrected chi connectivity index (χ3v) is 1.86. The van der Waals surface area contributed by atoms with Crippen molar-refractivity contribution < 1.29 is 9.59 Å². The van der Waals surface area contributed by atoms with Crippen molar-refractivity contribution in [1.82, 2.24) is 10.6 Å². The van der Waals surface area contributed by atoms with Crippen molar-refractivity contribution in [3.05, 3.63) is 0 Å². The van der Waals surface area contributed by atoms with Crippen molar-refractivity contribution in [2.24, 2.45) is 0 Å². The van der Waals surface area contributed by atoms with Crippen LogP contribution in [0.1, 0.15) is 26.2 Å². The van der Waals surface area contributed by atoms with Gasteiger partial charge in [0.1, 0.15) is 6.04 Å². The first kappa shape index (κ1) is 9.03. The van der Waals surface area contributed by atoms with Gasteiger partial charge in [0.2, 0.25) is 11.8 Å². The first-order chi connectivity index (χ1) is 5.74. The fourth-order valence-corrected chi connectivity index (χ4v) is 1.18. The molecule has 2 N–H and O–H groups in total. The Morgan fingerprint density at radius 1 is 1.75 bits per heavy atom. The average molecular weight is 170 g/mol. The number of hydrogen-bond donors (Lipinski definition) is 2. The maximum Gasteiger partial charge on any atom is 0.242 e. The molecular formula is C8H14N2O2. The molecule has 0 aromatic carbocycles. The number of carbonyl (C=O) groups is 2. The fourth-order valence-electron chi connectivity index (χ4n) is 1.18. The molecule has 0 aromatic heterocycles. The van der Waals surface area contributed by atoms with Gasteiger partial charge in [-0.3, -0.25) is 9.59 Å². The number of rotatable bonds is 3. The Morgan fingerprint density at radius 3 is 3.00 bits per heavy atom. The van der Waals surface area contributed by atoms with Crippen LogP contribution in [0.4, 0.5) is 0 Å². The molecule has 0 unspecified atom stereocenters. The Hall–Kier alpha value is -1.06. The first-order valence-corrected chi connectivity index (χ1v) is 4.31. The lowest BCUT2D eigenvalue weighted by atomic mass is 10.2. The molecule has 0 aliphatic carbocycles. The second kappa shape index (κ2) is 4.09. The largest absolute Gasteiger partial charge is 0.354 e. The molecule has 1 atom stereocenters. The normalized spacial score (nSPS) is 22.1. The second-order valence-electron chi connectivity index (χ2n) is 2.95. The zero-order chi connectivity index (χ0) is 8.97. The van der Waals surface area contributed by atoms with Crippen molar-refractivity contribution in [3.63, 3.8) is 0 Å². The van der Waals surface area contributed by atoms with E-state index in [1.54, 1.807) is 0 Å². The number of hydrogen-bond acceptors (Lipinski definition) is 2. The monoisotopic (exact) mass is 170 g/mol. The molecule has 0 spiro atoms. The molecule has 1 saturated heterocycles. The zero-order valence-electron chi connectivity index (χ0n) is 7.22. The van der Waals surface area contributed by atoms with Gasteiger partial charge in [0.15, 0.2) is 0 Å². The third kappa shape index (κ3) is 2.22. The van der Waals surface area contributed by atoms with Gasteiger partial charge < -0.3 is 10.6 Å². The predicted molar refractivity (Wildman–Crippen MR) is 44.5 cm³/mol. The molecule has 4 heteroatoms. The molecule has 1 fully saturated rings. The lowest BCUT2D eigenvalue weighted by Gasteiger charge is -2.09. The van der Waals surface area contributed by atoms with E-state index < -0.39 is 0 Å². The summed E-state index contributed by atoms with van der Waals surface area (Å²) in [5.41, 5.74) is 0. The molecule has 4 nitrogen and oxygen atoms in total. The van der Waals surface area contributed by atoms with Crippen LogP contribution in [0.15, 0.2) is 0 Å². The fraction of sp³-hybridized carbons (Fsp3) is 0.750. The third-order valence-electron chi connectivity index (χ3n) is 1.86. The van der Waals surface area contributed by atoms with Crippen LogP contribution in [0.2, 0.25) is 0 Å². The van der Waals surface area contributed by atoms with E-state index in [0.717, 1.165) is 6.42 Å². The van der Waals surface area contributed by atoms with Crippen molar-refractivity contribution >= 4 is 11.8 Å². The highest BCUT2D eigenvalue weighted by Gasteiger charge is 2.26. The summed E-state index contributed by atoms with van der Waals surface area (Å²) >= 11 is 0. The van der Waals surface area contributed by atoms with E-state index in [4.69, 9.17) is 0 Å². The highest BCUT2D eigenvalue weighted by atomic mass is 16.2. The van der Waals surface area contributed by atoms with Crippen LogP contribution in [0.25, 0.3) is 0 Å². The minimum Gasteiger partial charge on any atom is -0.354 e. The molecule has 0 radical (unpaired) electrons. The summed E-state index contributed by atoms with van der Waals surface area (Å²) in [5.74, 6) is -0.0747. The van der Waals surface area contributed by atoms with Crippen LogP contribution in [-0.2, 0) is 9.59 Å². The van der Waals surface area contributed by atoms with E-state index in [1.165, 1.54) is 0 Å². The molecule has 0 saturated carbocycles. The van der Waals surface area contributed by atoms with Crippen LogP contribution in [0.3, 0.4) is 0 Å². The minimum atomic E-state index is -0.288. The van der Waals surface area contributed by atoms with Gasteiger partial charge in [-0.15, -0.1) is 0 Å². The van der Waals surface area contributed by atoms with Gasteiger partial charge in [-0.2, -0.15) is 0 Å². The Morgan fingerprint density at radius 2 is 2.50 bits per heavy atom. The van der Waals surface area contributed by atoms with Gasteiger partial charge >= 0.3 is 0 Å². The van der Waals surface area contributed by atoms with Gasteiger partial charge in [0.25, 0.3) is 0 Å². The van der Waals surface area contributed by atoms with Crippen LogP contribution < -0.4 is 10.6 Å². The van der Waals surface area contributed by atoms with Crippen LogP contribution in [0, 0.1) is 0 Å². The Balaban J connectivity index is 2.28. The van der Waals surface area contributed by atoms with Crippen molar-refractivity contribution in [1.29, 1.82) is 0 Å². The zero-order valence-corrected chi connectivity index (χ0v) is 7.22. The molecule has 12 heavy (non-hydrogen) atoms. The predicted octanol–water partition coefficient (Wildman–Crippen LogP) is -0.209. The van der Waals surface area contributed by atoms with E-state index in [9.17, 15) is 9.59 Å². The molecule has 1 heterocycles. The van der Waals surface area contributed by atoms with Crippen LogP contribution >= 0.6 is 0 Å². The topological polar surface area (TPSA) is 58.2 Å². The van der Waals surface area contributed by atoms with E-state index >= 15 is 0 Å². The van der Waals surface area contributed by atoms with Gasteiger partial charge in [-0.25, -0.2) is 0 Å². The highest BCUT2D eigenvalue weighted by Crippen LogP contribution is 2.05. The van der Waals surface area contributed by atoms with Crippen molar-refractivity contribution in [3.8, 4) is 0 Å². The molecule has 1 rings (SSSR count). The minimum absolute atomic E-state index is 0.0216. The van der Waals surface area contributed by atoms with Gasteiger partial charge in [0.05, 0.1) is 0 Å². The summed E-state index contributed by atoms with van der Waals surface area (Å²) in [6.07, 6.45) is 2.03. The molecule has 1 aliphatic rings. The Labute approximate surface area is 71.7 Å². The van der Waals surface area contributed by atoms with E-state index in [-0.39, 0.29) is 17.9 Å². The maximum absolute atomic E-state index is 11.2. The average Bonchev–Trinajstić information content (AvgIpc) is 2.47. The molecule has 1 aliphatic heterocycles. The van der Waals surface area contributed by atoms with Gasteiger partial charge in [-0.05, 0) is 12.8 Å². The standard InChI is InChI=1S/C8H14N2O2/c1-2-5-9-8(12)6-3-4-7(11)10-6/h6H,2-5H2,1H3,(H,9,12)(H,10,11)/t6-/m0/s1. The molecule has 0 bridgehead atoms. The van der Waals surface area contributed by atoms with Gasteiger partial charge in [0, 0.05) is 13.0 Å². The highest BCUT2D eigenvalue weighted by molar-refractivity contribution is 5.90.